The summed E-state index contributed by atoms with van der Waals surface area (Å²) in [5.74, 6) is 0.828. The van der Waals surface area contributed by atoms with Crippen molar-refractivity contribution in [3.8, 4) is 12.3 Å². The number of aromatic nitrogens is 3. The highest BCUT2D eigenvalue weighted by Crippen LogP contribution is 2.33. The van der Waals surface area contributed by atoms with Crippen LogP contribution in [0.3, 0.4) is 0 Å². The van der Waals surface area contributed by atoms with Crippen LogP contribution in [0.2, 0.25) is 0 Å². The molecule has 1 fully saturated rings. The van der Waals surface area contributed by atoms with Crippen LogP contribution in [0.4, 0.5) is 0 Å². The molecule has 2 atom stereocenters. The zero-order valence-corrected chi connectivity index (χ0v) is 13.8. The molecule has 2 aromatic heterocycles. The molecule has 2 aromatic rings. The summed E-state index contributed by atoms with van der Waals surface area (Å²) in [4.78, 5) is 10.1. The van der Waals surface area contributed by atoms with Crippen molar-refractivity contribution < 1.29 is 4.52 Å². The largest absolute Gasteiger partial charge is 0.367 e. The third-order valence-corrected chi connectivity index (χ3v) is 4.63. The SMILES string of the molecule is N#CN1CCCC1c1noc(C2=C[C@@](C#N)(c3ccncc3)NC=C2)n1. The molecule has 8 nitrogen and oxygen atoms in total. The Kier molecular flexibility index (Phi) is 3.86. The van der Waals surface area contributed by atoms with Gasteiger partial charge >= 0.3 is 0 Å². The van der Waals surface area contributed by atoms with Crippen LogP contribution in [0.15, 0.2) is 47.4 Å². The highest BCUT2D eigenvalue weighted by Gasteiger charge is 2.33. The summed E-state index contributed by atoms with van der Waals surface area (Å²) in [6.45, 7) is 0.706. The van der Waals surface area contributed by atoms with Crippen LogP contribution in [0.25, 0.3) is 5.57 Å². The molecule has 0 radical (unpaired) electrons. The monoisotopic (exact) mass is 345 g/mol. The van der Waals surface area contributed by atoms with Gasteiger partial charge < -0.3 is 9.84 Å². The van der Waals surface area contributed by atoms with Gasteiger partial charge in [0, 0.05) is 24.5 Å². The van der Waals surface area contributed by atoms with Crippen LogP contribution in [-0.4, -0.2) is 26.6 Å². The van der Waals surface area contributed by atoms with E-state index in [0.29, 0.717) is 23.8 Å². The number of likely N-dealkylation sites (tertiary alicyclic amines) is 1. The number of hydrogen-bond donors (Lipinski definition) is 1. The van der Waals surface area contributed by atoms with Crippen LogP contribution < -0.4 is 5.32 Å². The number of nitrogens with zero attached hydrogens (tertiary/aromatic N) is 6. The van der Waals surface area contributed by atoms with Gasteiger partial charge in [0.2, 0.25) is 0 Å². The minimum absolute atomic E-state index is 0.148. The molecular formula is C18H15N7O. The normalized spacial score (nSPS) is 24.5. The molecule has 0 amide bonds. The first kappa shape index (κ1) is 15.9. The van der Waals surface area contributed by atoms with Crippen molar-refractivity contribution in [2.24, 2.45) is 0 Å². The van der Waals surface area contributed by atoms with Crippen LogP contribution in [0.1, 0.15) is 36.2 Å². The van der Waals surface area contributed by atoms with Gasteiger partial charge in [0.25, 0.3) is 5.89 Å². The summed E-state index contributed by atoms with van der Waals surface area (Å²) in [5, 5.41) is 26.1. The van der Waals surface area contributed by atoms with E-state index in [0.717, 1.165) is 18.4 Å². The molecule has 2 aliphatic heterocycles. The Hall–Kier alpha value is -3.65. The van der Waals surface area contributed by atoms with Crippen molar-refractivity contribution in [1.29, 1.82) is 10.5 Å². The second-order valence-corrected chi connectivity index (χ2v) is 6.14. The van der Waals surface area contributed by atoms with Gasteiger partial charge in [-0.3, -0.25) is 9.88 Å². The summed E-state index contributed by atoms with van der Waals surface area (Å²) >= 11 is 0. The molecule has 26 heavy (non-hydrogen) atoms. The van der Waals surface area contributed by atoms with Gasteiger partial charge in [0.1, 0.15) is 12.1 Å². The topological polar surface area (TPSA) is 115 Å². The van der Waals surface area contributed by atoms with Gasteiger partial charge in [-0.15, -0.1) is 0 Å². The Balaban J connectivity index is 1.68. The lowest BCUT2D eigenvalue weighted by molar-refractivity contribution is 0.335. The second kappa shape index (κ2) is 6.34. The van der Waals surface area contributed by atoms with E-state index in [1.165, 1.54) is 0 Å². The predicted octanol–water partition coefficient (Wildman–Crippen LogP) is 2.00. The lowest BCUT2D eigenvalue weighted by atomic mass is 9.88. The van der Waals surface area contributed by atoms with Gasteiger partial charge in [-0.1, -0.05) is 5.16 Å². The van der Waals surface area contributed by atoms with Gasteiger partial charge in [-0.2, -0.15) is 15.5 Å². The van der Waals surface area contributed by atoms with Crippen molar-refractivity contribution in [2.45, 2.75) is 24.4 Å². The number of nitrogens with one attached hydrogen (secondary N) is 1. The first-order valence-electron chi connectivity index (χ1n) is 8.25. The Morgan fingerprint density at radius 1 is 1.31 bits per heavy atom. The van der Waals surface area contributed by atoms with Crippen molar-refractivity contribution >= 4 is 5.57 Å². The van der Waals surface area contributed by atoms with Gasteiger partial charge in [-0.05, 0) is 48.9 Å². The van der Waals surface area contributed by atoms with Crippen LogP contribution in [0.5, 0.6) is 0 Å². The van der Waals surface area contributed by atoms with Crippen LogP contribution in [0, 0.1) is 22.8 Å². The summed E-state index contributed by atoms with van der Waals surface area (Å²) in [6, 6.07) is 5.72. The maximum Gasteiger partial charge on any atom is 0.257 e. The number of allylic oxidation sites excluding steroid dienone is 2. The molecule has 0 aliphatic carbocycles. The van der Waals surface area contributed by atoms with E-state index in [1.54, 1.807) is 47.8 Å². The maximum absolute atomic E-state index is 9.78. The Morgan fingerprint density at radius 2 is 2.15 bits per heavy atom. The number of pyridine rings is 1. The zero-order valence-electron chi connectivity index (χ0n) is 13.8. The van der Waals surface area contributed by atoms with E-state index < -0.39 is 5.54 Å². The number of rotatable bonds is 3. The Labute approximate surface area is 150 Å². The fourth-order valence-corrected chi connectivity index (χ4v) is 3.27. The zero-order chi connectivity index (χ0) is 18.0. The molecule has 0 bridgehead atoms. The smallest absolute Gasteiger partial charge is 0.257 e. The van der Waals surface area contributed by atoms with Crippen molar-refractivity contribution in [3.05, 3.63) is 60.2 Å². The fraction of sp³-hybridized carbons (Fsp3) is 0.278. The molecule has 0 saturated carbocycles. The average Bonchev–Trinajstić information content (AvgIpc) is 3.37. The maximum atomic E-state index is 9.78. The quantitative estimate of drug-likeness (QED) is 0.840. The first-order valence-corrected chi connectivity index (χ1v) is 8.25. The highest BCUT2D eigenvalue weighted by molar-refractivity contribution is 5.72. The third-order valence-electron chi connectivity index (χ3n) is 4.63. The van der Waals surface area contributed by atoms with E-state index in [2.05, 4.69) is 32.7 Å². The van der Waals surface area contributed by atoms with E-state index in [-0.39, 0.29) is 6.04 Å². The lowest BCUT2D eigenvalue weighted by Gasteiger charge is -2.27. The molecule has 1 saturated heterocycles. The average molecular weight is 345 g/mol. The molecule has 1 N–H and O–H groups in total. The third kappa shape index (κ3) is 2.58. The predicted molar refractivity (Wildman–Crippen MR) is 90.4 cm³/mol. The molecule has 4 rings (SSSR count). The first-order chi connectivity index (χ1) is 12.8. The van der Waals surface area contributed by atoms with Crippen molar-refractivity contribution in [2.75, 3.05) is 6.54 Å². The molecular weight excluding hydrogens is 330 g/mol. The lowest BCUT2D eigenvalue weighted by Crippen LogP contribution is -2.37. The molecule has 1 unspecified atom stereocenters. The van der Waals surface area contributed by atoms with Gasteiger partial charge in [-0.25, -0.2) is 0 Å². The number of dihydropyridines is 1. The van der Waals surface area contributed by atoms with E-state index >= 15 is 0 Å². The summed E-state index contributed by atoms with van der Waals surface area (Å²) in [6.07, 6.45) is 12.4. The molecule has 8 heteroatoms. The molecule has 0 spiro atoms. The van der Waals surface area contributed by atoms with Crippen LogP contribution >= 0.6 is 0 Å². The molecule has 128 valence electrons. The van der Waals surface area contributed by atoms with Gasteiger partial charge in [0.15, 0.2) is 17.6 Å². The molecule has 0 aromatic carbocycles. The Bertz CT molecular complexity index is 950. The summed E-state index contributed by atoms with van der Waals surface area (Å²) in [5.41, 5.74) is 0.388. The van der Waals surface area contributed by atoms with Crippen molar-refractivity contribution in [1.82, 2.24) is 25.3 Å². The van der Waals surface area contributed by atoms with Gasteiger partial charge in [0.05, 0.1) is 0 Å². The second-order valence-electron chi connectivity index (χ2n) is 6.14. The minimum atomic E-state index is -1.03. The molecule has 4 heterocycles. The highest BCUT2D eigenvalue weighted by atomic mass is 16.5. The van der Waals surface area contributed by atoms with Crippen LogP contribution in [-0.2, 0) is 5.54 Å². The number of nitriles is 2. The molecule has 2 aliphatic rings. The number of hydrogen-bond acceptors (Lipinski definition) is 8. The van der Waals surface area contributed by atoms with E-state index in [1.807, 2.05) is 0 Å². The van der Waals surface area contributed by atoms with E-state index in [9.17, 15) is 10.5 Å². The summed E-state index contributed by atoms with van der Waals surface area (Å²) < 4.78 is 5.42. The summed E-state index contributed by atoms with van der Waals surface area (Å²) in [7, 11) is 0. The standard InChI is InChI=1S/C18H15N7O/c19-11-18(14-4-6-21-7-5-14)10-13(3-8-22-18)17-23-16(24-26-17)15-2-1-9-25(15)12-20/h3-8,10,15,22H,1-2,9H2/t15?,18-/m1/s1. The van der Waals surface area contributed by atoms with E-state index in [4.69, 9.17) is 4.52 Å². The fourth-order valence-electron chi connectivity index (χ4n) is 3.27. The Morgan fingerprint density at radius 3 is 2.92 bits per heavy atom. The minimum Gasteiger partial charge on any atom is -0.367 e. The van der Waals surface area contributed by atoms with Crippen molar-refractivity contribution in [3.63, 3.8) is 0 Å².